The van der Waals surface area contributed by atoms with Crippen LogP contribution < -0.4 is 15.8 Å². The molecule has 0 atom stereocenters. The lowest BCUT2D eigenvalue weighted by atomic mass is 10.3. The van der Waals surface area contributed by atoms with Crippen LogP contribution in [-0.2, 0) is 4.79 Å². The maximum absolute atomic E-state index is 11.6. The summed E-state index contributed by atoms with van der Waals surface area (Å²) in [6, 6.07) is 7.17. The summed E-state index contributed by atoms with van der Waals surface area (Å²) in [7, 11) is 0. The Morgan fingerprint density at radius 3 is 2.83 bits per heavy atom. The van der Waals surface area contributed by atoms with Crippen molar-refractivity contribution in [2.24, 2.45) is 0 Å². The minimum Gasteiger partial charge on any atom is -0.482 e. The van der Waals surface area contributed by atoms with Crippen LogP contribution in [0.1, 0.15) is 12.8 Å². The van der Waals surface area contributed by atoms with E-state index in [0.717, 1.165) is 6.54 Å². The van der Waals surface area contributed by atoms with Crippen LogP contribution in [0.25, 0.3) is 0 Å². The predicted molar refractivity (Wildman–Crippen MR) is 74.8 cm³/mol. The van der Waals surface area contributed by atoms with E-state index in [4.69, 9.17) is 10.5 Å². The second-order valence-electron chi connectivity index (χ2n) is 4.49. The van der Waals surface area contributed by atoms with Crippen molar-refractivity contribution in [1.82, 2.24) is 5.32 Å². The summed E-state index contributed by atoms with van der Waals surface area (Å²) in [4.78, 5) is 11.6. The molecule has 1 amide bonds. The number of carbonyl (C=O) groups is 1. The minimum absolute atomic E-state index is 0.0126. The van der Waals surface area contributed by atoms with E-state index in [2.05, 4.69) is 11.6 Å². The van der Waals surface area contributed by atoms with Gasteiger partial charge in [0.1, 0.15) is 5.75 Å². The number of nitrogens with one attached hydrogen (secondary N) is 1. The lowest BCUT2D eigenvalue weighted by Crippen LogP contribution is -2.35. The molecule has 1 saturated carbocycles. The summed E-state index contributed by atoms with van der Waals surface area (Å²) in [6.45, 7) is 0.735. The van der Waals surface area contributed by atoms with Crippen molar-refractivity contribution in [2.75, 3.05) is 25.1 Å². The average Bonchev–Trinajstić information content (AvgIpc) is 3.16. The molecule has 0 spiro atoms. The van der Waals surface area contributed by atoms with Crippen molar-refractivity contribution in [2.45, 2.75) is 17.6 Å². The molecule has 18 heavy (non-hydrogen) atoms. The number of carbonyl (C=O) groups excluding carboxylic acids is 1. The Hall–Kier alpha value is -1.36. The first-order valence-electron chi connectivity index (χ1n) is 5.94. The van der Waals surface area contributed by atoms with E-state index in [-0.39, 0.29) is 17.3 Å². The monoisotopic (exact) mass is 266 g/mol. The number of rotatable bonds is 6. The van der Waals surface area contributed by atoms with Gasteiger partial charge >= 0.3 is 0 Å². The highest BCUT2D eigenvalue weighted by atomic mass is 32.2. The summed E-state index contributed by atoms with van der Waals surface area (Å²) < 4.78 is 5.65. The molecule has 0 radical (unpaired) electrons. The van der Waals surface area contributed by atoms with Gasteiger partial charge in [-0.2, -0.15) is 11.8 Å². The topological polar surface area (TPSA) is 64.3 Å². The third-order valence-electron chi connectivity index (χ3n) is 3.13. The zero-order valence-corrected chi connectivity index (χ0v) is 11.3. The van der Waals surface area contributed by atoms with Gasteiger partial charge in [-0.15, -0.1) is 0 Å². The van der Waals surface area contributed by atoms with E-state index >= 15 is 0 Å². The average molecular weight is 266 g/mol. The van der Waals surface area contributed by atoms with Crippen LogP contribution >= 0.6 is 11.8 Å². The van der Waals surface area contributed by atoms with Gasteiger partial charge in [-0.25, -0.2) is 0 Å². The Morgan fingerprint density at radius 2 is 2.22 bits per heavy atom. The van der Waals surface area contributed by atoms with Crippen LogP contribution in [0.15, 0.2) is 24.3 Å². The van der Waals surface area contributed by atoms with Crippen LogP contribution in [0.2, 0.25) is 0 Å². The normalized spacial score (nSPS) is 16.1. The summed E-state index contributed by atoms with van der Waals surface area (Å²) in [6.07, 6.45) is 4.45. The molecule has 98 valence electrons. The third kappa shape index (κ3) is 3.32. The van der Waals surface area contributed by atoms with E-state index in [0.29, 0.717) is 11.4 Å². The molecule has 1 fully saturated rings. The van der Waals surface area contributed by atoms with Gasteiger partial charge in [0.05, 0.1) is 5.69 Å². The van der Waals surface area contributed by atoms with E-state index in [9.17, 15) is 4.79 Å². The summed E-state index contributed by atoms with van der Waals surface area (Å²) >= 11 is 1.82. The first kappa shape index (κ1) is 13.1. The van der Waals surface area contributed by atoms with Crippen molar-refractivity contribution >= 4 is 23.4 Å². The number of hydrogen-bond acceptors (Lipinski definition) is 4. The number of ether oxygens (including phenoxy) is 1. The van der Waals surface area contributed by atoms with Gasteiger partial charge < -0.3 is 15.8 Å². The fourth-order valence-corrected chi connectivity index (χ4v) is 2.39. The smallest absolute Gasteiger partial charge is 0.257 e. The van der Waals surface area contributed by atoms with Crippen LogP contribution in [-0.4, -0.2) is 30.1 Å². The summed E-state index contributed by atoms with van der Waals surface area (Å²) in [5.41, 5.74) is 6.27. The van der Waals surface area contributed by atoms with Crippen molar-refractivity contribution in [1.29, 1.82) is 0 Å². The van der Waals surface area contributed by atoms with Crippen LogP contribution in [0.4, 0.5) is 5.69 Å². The summed E-state index contributed by atoms with van der Waals surface area (Å²) in [5.74, 6) is 0.456. The van der Waals surface area contributed by atoms with Crippen molar-refractivity contribution in [3.8, 4) is 5.75 Å². The van der Waals surface area contributed by atoms with E-state index < -0.39 is 0 Å². The SMILES string of the molecule is CSC1(CNC(=O)COc2ccccc2N)CC1. The molecule has 0 aromatic heterocycles. The lowest BCUT2D eigenvalue weighted by Gasteiger charge is -2.13. The van der Waals surface area contributed by atoms with E-state index in [1.807, 2.05) is 23.9 Å². The Balaban J connectivity index is 1.74. The van der Waals surface area contributed by atoms with Gasteiger partial charge in [0.15, 0.2) is 6.61 Å². The highest BCUT2D eigenvalue weighted by Crippen LogP contribution is 2.46. The molecule has 1 aromatic rings. The molecule has 2 rings (SSSR count). The molecular weight excluding hydrogens is 248 g/mol. The molecular formula is C13H18N2O2S. The van der Waals surface area contributed by atoms with Crippen LogP contribution in [0.3, 0.4) is 0 Å². The fourth-order valence-electron chi connectivity index (χ4n) is 1.66. The van der Waals surface area contributed by atoms with Crippen molar-refractivity contribution in [3.05, 3.63) is 24.3 Å². The molecule has 0 unspecified atom stereocenters. The minimum atomic E-state index is -0.0985. The molecule has 1 aliphatic rings. The summed E-state index contributed by atoms with van der Waals surface area (Å²) in [5, 5.41) is 2.90. The van der Waals surface area contributed by atoms with Crippen molar-refractivity contribution < 1.29 is 9.53 Å². The van der Waals surface area contributed by atoms with Gasteiger partial charge in [-0.1, -0.05) is 12.1 Å². The first-order chi connectivity index (χ1) is 8.65. The largest absolute Gasteiger partial charge is 0.482 e. The maximum Gasteiger partial charge on any atom is 0.257 e. The van der Waals surface area contributed by atoms with E-state index in [1.54, 1.807) is 12.1 Å². The number of nitrogen functional groups attached to an aromatic ring is 1. The van der Waals surface area contributed by atoms with Crippen LogP contribution in [0.5, 0.6) is 5.75 Å². The standard InChI is InChI=1S/C13H18N2O2S/c1-18-13(6-7-13)9-15-12(16)8-17-11-5-3-2-4-10(11)14/h2-5H,6-9,14H2,1H3,(H,15,16). The van der Waals surface area contributed by atoms with Crippen molar-refractivity contribution in [3.63, 3.8) is 0 Å². The Bertz CT molecular complexity index is 433. The fraction of sp³-hybridized carbons (Fsp3) is 0.462. The molecule has 4 nitrogen and oxygen atoms in total. The molecule has 0 aliphatic heterocycles. The molecule has 0 saturated heterocycles. The second kappa shape index (κ2) is 5.52. The van der Waals surface area contributed by atoms with E-state index in [1.165, 1.54) is 12.8 Å². The van der Waals surface area contributed by atoms with Gasteiger partial charge in [-0.3, -0.25) is 4.79 Å². The third-order valence-corrected chi connectivity index (χ3v) is 4.54. The first-order valence-corrected chi connectivity index (χ1v) is 7.17. The maximum atomic E-state index is 11.6. The molecule has 1 aromatic carbocycles. The zero-order chi connectivity index (χ0) is 13.0. The van der Waals surface area contributed by atoms with Gasteiger partial charge in [-0.05, 0) is 31.2 Å². The number of amides is 1. The number of anilines is 1. The second-order valence-corrected chi connectivity index (χ2v) is 5.76. The number of nitrogens with two attached hydrogens (primary N) is 1. The Morgan fingerprint density at radius 1 is 1.50 bits per heavy atom. The number of thioether (sulfide) groups is 1. The number of benzene rings is 1. The number of hydrogen-bond donors (Lipinski definition) is 2. The highest BCUT2D eigenvalue weighted by molar-refractivity contribution is 8.00. The highest BCUT2D eigenvalue weighted by Gasteiger charge is 2.41. The Labute approximate surface area is 111 Å². The lowest BCUT2D eigenvalue weighted by molar-refractivity contribution is -0.123. The van der Waals surface area contributed by atoms with Gasteiger partial charge in [0, 0.05) is 11.3 Å². The molecule has 0 heterocycles. The molecule has 1 aliphatic carbocycles. The zero-order valence-electron chi connectivity index (χ0n) is 10.4. The molecule has 5 heteroatoms. The quantitative estimate of drug-likeness (QED) is 0.769. The van der Waals surface area contributed by atoms with Gasteiger partial charge in [0.2, 0.25) is 0 Å². The van der Waals surface area contributed by atoms with Crippen LogP contribution in [0, 0.1) is 0 Å². The molecule has 0 bridgehead atoms. The molecule has 3 N–H and O–H groups in total. The number of para-hydroxylation sites is 2. The predicted octanol–water partition coefficient (Wildman–Crippen LogP) is 1.66. The Kier molecular flexibility index (Phi) is 4.01. The van der Waals surface area contributed by atoms with Gasteiger partial charge in [0.25, 0.3) is 5.91 Å².